The van der Waals surface area contributed by atoms with Crippen LogP contribution in [0.4, 0.5) is 0 Å². The lowest BCUT2D eigenvalue weighted by Crippen LogP contribution is -2.18. The van der Waals surface area contributed by atoms with Crippen LogP contribution in [0.2, 0.25) is 0 Å². The van der Waals surface area contributed by atoms with E-state index in [1.54, 1.807) is 6.07 Å². The highest BCUT2D eigenvalue weighted by atomic mass is 16.3. The van der Waals surface area contributed by atoms with Crippen LogP contribution >= 0.6 is 0 Å². The van der Waals surface area contributed by atoms with Crippen LogP contribution in [0.5, 0.6) is 11.5 Å². The molecule has 0 radical (unpaired) electrons. The lowest BCUT2D eigenvalue weighted by Gasteiger charge is -2.07. The Morgan fingerprint density at radius 1 is 1.12 bits per heavy atom. The number of aromatic nitrogens is 1. The van der Waals surface area contributed by atoms with Crippen LogP contribution in [-0.2, 0) is 0 Å². The van der Waals surface area contributed by atoms with Crippen LogP contribution in [0.15, 0.2) is 47.6 Å². The minimum Gasteiger partial charge on any atom is -0.508 e. The van der Waals surface area contributed by atoms with Crippen LogP contribution in [0.1, 0.15) is 27.2 Å². The van der Waals surface area contributed by atoms with Crippen LogP contribution in [-0.4, -0.2) is 27.3 Å². The minimum atomic E-state index is -0.365. The molecule has 0 saturated heterocycles. The van der Waals surface area contributed by atoms with Gasteiger partial charge in [0.15, 0.2) is 0 Å². The van der Waals surface area contributed by atoms with Gasteiger partial charge in [0.2, 0.25) is 0 Å². The van der Waals surface area contributed by atoms with E-state index in [1.165, 1.54) is 24.4 Å². The number of carbonyl (C=O) groups is 1. The number of hydrogen-bond acceptors (Lipinski definition) is 5. The van der Waals surface area contributed by atoms with E-state index in [0.29, 0.717) is 11.1 Å². The van der Waals surface area contributed by atoms with Crippen molar-refractivity contribution in [2.75, 3.05) is 0 Å². The monoisotopic (exact) mass is 335 g/mol. The summed E-state index contributed by atoms with van der Waals surface area (Å²) < 4.78 is 0. The average Bonchev–Trinajstić information content (AvgIpc) is 2.56. The molecule has 3 aromatic rings. The third-order valence-corrected chi connectivity index (χ3v) is 3.72. The van der Waals surface area contributed by atoms with Crippen molar-refractivity contribution in [2.45, 2.75) is 13.8 Å². The molecule has 0 atom stereocenters. The summed E-state index contributed by atoms with van der Waals surface area (Å²) >= 11 is 0. The summed E-state index contributed by atoms with van der Waals surface area (Å²) in [7, 11) is 0. The highest BCUT2D eigenvalue weighted by Gasteiger charge is 2.11. The van der Waals surface area contributed by atoms with Crippen molar-refractivity contribution in [2.24, 2.45) is 5.10 Å². The van der Waals surface area contributed by atoms with Crippen molar-refractivity contribution in [3.63, 3.8) is 0 Å². The first-order valence-corrected chi connectivity index (χ1v) is 7.67. The Kier molecular flexibility index (Phi) is 4.35. The van der Waals surface area contributed by atoms with E-state index in [1.807, 2.05) is 32.0 Å². The van der Waals surface area contributed by atoms with E-state index in [0.717, 1.165) is 22.2 Å². The van der Waals surface area contributed by atoms with Gasteiger partial charge in [-0.3, -0.25) is 9.78 Å². The first-order chi connectivity index (χ1) is 11.9. The molecule has 6 nitrogen and oxygen atoms in total. The second kappa shape index (κ2) is 6.60. The summed E-state index contributed by atoms with van der Waals surface area (Å²) in [6.07, 6.45) is 1.31. The zero-order chi connectivity index (χ0) is 18.0. The first kappa shape index (κ1) is 16.4. The van der Waals surface area contributed by atoms with Gasteiger partial charge in [-0.05, 0) is 44.2 Å². The number of pyridine rings is 1. The second-order valence-corrected chi connectivity index (χ2v) is 5.77. The normalized spacial score (nSPS) is 11.1. The van der Waals surface area contributed by atoms with Gasteiger partial charge in [-0.2, -0.15) is 5.10 Å². The van der Waals surface area contributed by atoms with Crippen molar-refractivity contribution in [3.8, 4) is 11.5 Å². The van der Waals surface area contributed by atoms with Crippen molar-refractivity contribution in [3.05, 3.63) is 64.8 Å². The van der Waals surface area contributed by atoms with Gasteiger partial charge < -0.3 is 10.2 Å². The molecule has 1 aromatic heterocycles. The summed E-state index contributed by atoms with van der Waals surface area (Å²) in [6, 6.07) is 11.6. The molecule has 0 aliphatic heterocycles. The lowest BCUT2D eigenvalue weighted by atomic mass is 10.1. The topological polar surface area (TPSA) is 94.8 Å². The van der Waals surface area contributed by atoms with Gasteiger partial charge in [0.05, 0.1) is 17.3 Å². The zero-order valence-corrected chi connectivity index (χ0v) is 13.8. The SMILES string of the molecule is Cc1ccc2nc(C)cc(C(=O)N/N=C/c3ccc(O)cc3O)c2c1. The quantitative estimate of drug-likeness (QED) is 0.506. The maximum atomic E-state index is 12.5. The zero-order valence-electron chi connectivity index (χ0n) is 13.8. The molecule has 3 rings (SSSR count). The highest BCUT2D eigenvalue weighted by molar-refractivity contribution is 6.06. The van der Waals surface area contributed by atoms with E-state index in [-0.39, 0.29) is 17.4 Å². The lowest BCUT2D eigenvalue weighted by molar-refractivity contribution is 0.0956. The molecule has 0 unspecified atom stereocenters. The van der Waals surface area contributed by atoms with Gasteiger partial charge >= 0.3 is 0 Å². The number of amides is 1. The van der Waals surface area contributed by atoms with Crippen molar-refractivity contribution >= 4 is 23.0 Å². The van der Waals surface area contributed by atoms with Crippen LogP contribution in [0.3, 0.4) is 0 Å². The molecule has 6 heteroatoms. The predicted molar refractivity (Wildman–Crippen MR) is 96.0 cm³/mol. The second-order valence-electron chi connectivity index (χ2n) is 5.77. The van der Waals surface area contributed by atoms with E-state index in [4.69, 9.17) is 0 Å². The Hall–Kier alpha value is -3.41. The number of carbonyl (C=O) groups excluding carboxylic acids is 1. The van der Waals surface area contributed by atoms with Gasteiger partial charge in [-0.25, -0.2) is 5.43 Å². The fraction of sp³-hybridized carbons (Fsp3) is 0.105. The number of aryl methyl sites for hydroxylation is 2. The number of hydrogen-bond donors (Lipinski definition) is 3. The van der Waals surface area contributed by atoms with Crippen LogP contribution in [0.25, 0.3) is 10.9 Å². The summed E-state index contributed by atoms with van der Waals surface area (Å²) in [4.78, 5) is 16.9. The fourth-order valence-corrected chi connectivity index (χ4v) is 2.52. The van der Waals surface area contributed by atoms with E-state index >= 15 is 0 Å². The fourth-order valence-electron chi connectivity index (χ4n) is 2.52. The molecule has 1 heterocycles. The standard InChI is InChI=1S/C19H17N3O3/c1-11-3-6-17-15(7-11)16(8-12(2)21-17)19(25)22-20-10-13-4-5-14(23)9-18(13)24/h3-10,23-24H,1-2H3,(H,22,25)/b20-10+. The van der Waals surface area contributed by atoms with Gasteiger partial charge in [0, 0.05) is 22.7 Å². The van der Waals surface area contributed by atoms with E-state index in [9.17, 15) is 15.0 Å². The largest absolute Gasteiger partial charge is 0.508 e. The highest BCUT2D eigenvalue weighted by Crippen LogP contribution is 2.21. The molecule has 0 saturated carbocycles. The number of hydrazone groups is 1. The number of aromatic hydroxyl groups is 2. The van der Waals surface area contributed by atoms with Crippen molar-refractivity contribution in [1.29, 1.82) is 0 Å². The average molecular weight is 335 g/mol. The third-order valence-electron chi connectivity index (χ3n) is 3.72. The molecule has 25 heavy (non-hydrogen) atoms. The van der Waals surface area contributed by atoms with Gasteiger partial charge in [0.25, 0.3) is 5.91 Å². The molecular weight excluding hydrogens is 318 g/mol. The number of rotatable bonds is 3. The number of nitrogens with zero attached hydrogens (tertiary/aromatic N) is 2. The van der Waals surface area contributed by atoms with E-state index < -0.39 is 0 Å². The first-order valence-electron chi connectivity index (χ1n) is 7.67. The summed E-state index contributed by atoms with van der Waals surface area (Å²) in [5.41, 5.74) is 5.84. The Morgan fingerprint density at radius 3 is 2.68 bits per heavy atom. The Labute approximate surface area is 144 Å². The molecule has 3 N–H and O–H groups in total. The molecule has 0 spiro atoms. The predicted octanol–water partition coefficient (Wildman–Crippen LogP) is 3.03. The number of phenolic OH excluding ortho intramolecular Hbond substituents is 2. The molecule has 0 fully saturated rings. The Balaban J connectivity index is 1.87. The van der Waals surface area contributed by atoms with Gasteiger partial charge in [-0.15, -0.1) is 0 Å². The number of fused-ring (bicyclic) bond motifs is 1. The summed E-state index contributed by atoms with van der Waals surface area (Å²) in [6.45, 7) is 3.78. The van der Waals surface area contributed by atoms with Crippen LogP contribution < -0.4 is 5.43 Å². The molecule has 0 aliphatic rings. The molecule has 126 valence electrons. The third kappa shape index (κ3) is 3.58. The van der Waals surface area contributed by atoms with Gasteiger partial charge in [-0.1, -0.05) is 11.6 Å². The van der Waals surface area contributed by atoms with Gasteiger partial charge in [0.1, 0.15) is 11.5 Å². The molecule has 0 aliphatic carbocycles. The molecular formula is C19H17N3O3. The summed E-state index contributed by atoms with van der Waals surface area (Å²) in [5, 5.41) is 23.6. The smallest absolute Gasteiger partial charge is 0.272 e. The Morgan fingerprint density at radius 2 is 1.92 bits per heavy atom. The van der Waals surface area contributed by atoms with Crippen molar-refractivity contribution in [1.82, 2.24) is 10.4 Å². The maximum absolute atomic E-state index is 12.5. The van der Waals surface area contributed by atoms with E-state index in [2.05, 4.69) is 15.5 Å². The molecule has 1 amide bonds. The number of phenols is 2. The minimum absolute atomic E-state index is 0.0483. The van der Waals surface area contributed by atoms with Crippen molar-refractivity contribution < 1.29 is 15.0 Å². The number of benzene rings is 2. The number of nitrogens with one attached hydrogen (secondary N) is 1. The molecule has 0 bridgehead atoms. The maximum Gasteiger partial charge on any atom is 0.272 e. The summed E-state index contributed by atoms with van der Waals surface area (Å²) in [5.74, 6) is -0.540. The Bertz CT molecular complexity index is 997. The van der Waals surface area contributed by atoms with Crippen LogP contribution in [0, 0.1) is 13.8 Å². The molecule has 2 aromatic carbocycles.